The van der Waals surface area contributed by atoms with E-state index in [9.17, 15) is 43.8 Å². The number of hydrogen-bond donors (Lipinski definition) is 12. The fourth-order valence-electron chi connectivity index (χ4n) is 6.11. The van der Waals surface area contributed by atoms with Gasteiger partial charge in [-0.3, -0.25) is 44.0 Å². The van der Waals surface area contributed by atoms with Gasteiger partial charge in [0.15, 0.2) is 5.96 Å². The second-order valence-electron chi connectivity index (χ2n) is 14.5. The van der Waals surface area contributed by atoms with E-state index in [0.717, 1.165) is 10.6 Å². The first-order chi connectivity index (χ1) is 30.2. The van der Waals surface area contributed by atoms with Crippen molar-refractivity contribution in [2.45, 2.75) is 62.4 Å². The van der Waals surface area contributed by atoms with Crippen LogP contribution in [0.25, 0.3) is 0 Å². The summed E-state index contributed by atoms with van der Waals surface area (Å²) in [5.74, 6) is -5.45. The first-order valence-electron chi connectivity index (χ1n) is 20.1. The zero-order valence-electron chi connectivity index (χ0n) is 34.8. The number of benzene rings is 3. The van der Waals surface area contributed by atoms with E-state index in [-0.39, 0.29) is 51.2 Å². The summed E-state index contributed by atoms with van der Waals surface area (Å²) in [4.78, 5) is 96.2. The van der Waals surface area contributed by atoms with Gasteiger partial charge in [-0.1, -0.05) is 91.0 Å². The highest BCUT2D eigenvalue weighted by Gasteiger charge is 2.31. The number of hydrogen-bond acceptors (Lipinski definition) is 12. The molecule has 3 rings (SSSR count). The molecule has 16 N–H and O–H groups in total. The number of rotatable bonds is 27. The Bertz CT molecular complexity index is 1970. The molecule has 0 heterocycles. The molecule has 0 saturated heterocycles. The fraction of sp³-hybridized carbons (Fsp3) is 0.381. The van der Waals surface area contributed by atoms with E-state index in [0.29, 0.717) is 11.1 Å². The first kappa shape index (κ1) is 50.4. The van der Waals surface area contributed by atoms with Gasteiger partial charge in [0.05, 0.1) is 32.3 Å². The number of carbonyl (C=O) groups is 7. The predicted molar refractivity (Wildman–Crippen MR) is 232 cm³/mol. The van der Waals surface area contributed by atoms with E-state index >= 15 is 0 Å². The van der Waals surface area contributed by atoms with Gasteiger partial charge in [0.2, 0.25) is 35.4 Å². The average molecular weight is 875 g/mol. The lowest BCUT2D eigenvalue weighted by Gasteiger charge is -2.28. The highest BCUT2D eigenvalue weighted by molar-refractivity contribution is 5.95. The van der Waals surface area contributed by atoms with Crippen LogP contribution in [0.5, 0.6) is 0 Å². The number of aliphatic hydroxyl groups is 2. The largest absolute Gasteiger partial charge is 0.394 e. The lowest BCUT2D eigenvalue weighted by Crippen LogP contribution is -2.59. The normalized spacial score (nSPS) is 13.2. The molecule has 340 valence electrons. The van der Waals surface area contributed by atoms with Gasteiger partial charge in [-0.15, -0.1) is 0 Å². The topological polar surface area (TPSA) is 352 Å². The van der Waals surface area contributed by atoms with Crippen molar-refractivity contribution < 1.29 is 43.8 Å². The Morgan fingerprint density at radius 2 is 1.10 bits per heavy atom. The molecule has 0 aliphatic carbocycles. The molecule has 63 heavy (non-hydrogen) atoms. The SMILES string of the molecule is NCC(=O)NCC(=O)N[C@@H](Cc1ccccc1)C(=O)NN(CC(=O)N[C@@H](Cc1ccccc1)C(=O)N[C@@H](CCCN=C(N)N)C(=O)N[C@@H](Cc1ccccc1)C(N)=O)CC(O)CO. The summed E-state index contributed by atoms with van der Waals surface area (Å²) in [7, 11) is 0. The van der Waals surface area contributed by atoms with Gasteiger partial charge in [0, 0.05) is 32.4 Å². The smallest absolute Gasteiger partial charge is 0.257 e. The van der Waals surface area contributed by atoms with Crippen LogP contribution in [0, 0.1) is 0 Å². The van der Waals surface area contributed by atoms with Crippen molar-refractivity contribution in [2.75, 3.05) is 39.3 Å². The fourth-order valence-corrected chi connectivity index (χ4v) is 6.11. The van der Waals surface area contributed by atoms with Gasteiger partial charge >= 0.3 is 0 Å². The Morgan fingerprint density at radius 3 is 1.59 bits per heavy atom. The Hall–Kier alpha value is -6.94. The molecule has 0 fully saturated rings. The van der Waals surface area contributed by atoms with E-state index in [1.165, 1.54) is 0 Å². The lowest BCUT2D eigenvalue weighted by atomic mass is 10.0. The van der Waals surface area contributed by atoms with Gasteiger partial charge in [0.1, 0.15) is 24.2 Å². The summed E-state index contributed by atoms with van der Waals surface area (Å²) >= 11 is 0. The lowest BCUT2D eigenvalue weighted by molar-refractivity contribution is -0.136. The van der Waals surface area contributed by atoms with E-state index in [4.69, 9.17) is 22.9 Å². The van der Waals surface area contributed by atoms with Crippen LogP contribution >= 0.6 is 0 Å². The van der Waals surface area contributed by atoms with Crippen LogP contribution in [0.3, 0.4) is 0 Å². The maximum atomic E-state index is 14.1. The molecule has 0 aliphatic rings. The number of nitrogens with zero attached hydrogens (tertiary/aromatic N) is 2. The Labute approximate surface area is 364 Å². The highest BCUT2D eigenvalue weighted by atomic mass is 16.3. The average Bonchev–Trinajstić information content (AvgIpc) is 3.26. The Kier molecular flexibility index (Phi) is 21.7. The summed E-state index contributed by atoms with van der Waals surface area (Å²) < 4.78 is 0. The van der Waals surface area contributed by atoms with Crippen LogP contribution in [-0.2, 0) is 52.8 Å². The van der Waals surface area contributed by atoms with Gasteiger partial charge in [-0.05, 0) is 29.5 Å². The third-order valence-corrected chi connectivity index (χ3v) is 9.27. The third kappa shape index (κ3) is 19.5. The molecule has 3 aromatic rings. The number of nitrogens with one attached hydrogen (secondary N) is 6. The minimum absolute atomic E-state index is 0.0100. The number of carbonyl (C=O) groups excluding carboxylic acids is 7. The van der Waals surface area contributed by atoms with Crippen molar-refractivity contribution in [3.63, 3.8) is 0 Å². The molecular formula is C42H58N12O9. The molecule has 5 atom stereocenters. The van der Waals surface area contributed by atoms with Crippen molar-refractivity contribution >= 4 is 47.3 Å². The predicted octanol–water partition coefficient (Wildman–Crippen LogP) is -4.05. The van der Waals surface area contributed by atoms with Gasteiger partial charge in [-0.25, -0.2) is 5.01 Å². The number of hydrazine groups is 1. The highest BCUT2D eigenvalue weighted by Crippen LogP contribution is 2.09. The second-order valence-corrected chi connectivity index (χ2v) is 14.5. The van der Waals surface area contributed by atoms with Crippen LogP contribution in [0.15, 0.2) is 96.0 Å². The van der Waals surface area contributed by atoms with Crippen molar-refractivity contribution in [3.8, 4) is 0 Å². The molecule has 0 aromatic heterocycles. The van der Waals surface area contributed by atoms with E-state index in [1.807, 2.05) is 0 Å². The van der Waals surface area contributed by atoms with E-state index in [2.05, 4.69) is 37.0 Å². The summed E-state index contributed by atoms with van der Waals surface area (Å²) in [5.41, 5.74) is 26.4. The summed E-state index contributed by atoms with van der Waals surface area (Å²) in [6, 6.07) is 21.2. The summed E-state index contributed by atoms with van der Waals surface area (Å²) in [6.45, 7) is -2.60. The maximum absolute atomic E-state index is 14.1. The standard InChI is InChI=1S/C42H58N12O9/c43-22-35(57)48-23-36(58)49-34(21-29-15-8-3-9-16-29)41(63)53-54(24-30(56)26-55)25-37(59)50-33(20-28-13-6-2-7-14-28)40(62)51-31(17-10-18-47-42(45)46)39(61)52-32(38(44)60)19-27-11-4-1-5-12-27/h1-9,11-16,30-34,55-56H,10,17-26,43H2,(H2,44,60)(H,48,57)(H,49,58)(H,50,59)(H,51,62)(H,52,61)(H,53,63)(H4,45,46,47)/t30?,31-,32-,33-,34-/m0/s1. The quantitative estimate of drug-likeness (QED) is 0.0150. The van der Waals surface area contributed by atoms with E-state index in [1.54, 1.807) is 91.0 Å². The minimum Gasteiger partial charge on any atom is -0.394 e. The van der Waals surface area contributed by atoms with Crippen LogP contribution in [0.2, 0.25) is 0 Å². The van der Waals surface area contributed by atoms with Crippen LogP contribution < -0.4 is 54.9 Å². The second kappa shape index (κ2) is 27.1. The molecule has 21 nitrogen and oxygen atoms in total. The number of nitrogens with two attached hydrogens (primary N) is 4. The molecule has 1 unspecified atom stereocenters. The molecule has 0 aliphatic heterocycles. The van der Waals surface area contributed by atoms with E-state index < -0.39 is 97.9 Å². The zero-order valence-corrected chi connectivity index (χ0v) is 34.8. The molecular weight excluding hydrogens is 817 g/mol. The first-order valence-corrected chi connectivity index (χ1v) is 20.1. The maximum Gasteiger partial charge on any atom is 0.257 e. The van der Waals surface area contributed by atoms with Crippen LogP contribution in [-0.4, -0.2) is 132 Å². The minimum atomic E-state index is -1.44. The number of primary amides is 1. The van der Waals surface area contributed by atoms with Crippen LogP contribution in [0.4, 0.5) is 0 Å². The van der Waals surface area contributed by atoms with Crippen molar-refractivity contribution in [3.05, 3.63) is 108 Å². The zero-order chi connectivity index (χ0) is 46.1. The summed E-state index contributed by atoms with van der Waals surface area (Å²) in [6.07, 6.45) is -1.21. The van der Waals surface area contributed by atoms with Gasteiger partial charge in [0.25, 0.3) is 5.91 Å². The molecule has 7 amide bonds. The molecule has 0 spiro atoms. The number of amides is 7. The van der Waals surface area contributed by atoms with Crippen molar-refractivity contribution in [1.29, 1.82) is 0 Å². The van der Waals surface area contributed by atoms with Crippen molar-refractivity contribution in [2.24, 2.45) is 27.9 Å². The van der Waals surface area contributed by atoms with Gasteiger partial charge in [-0.2, -0.15) is 0 Å². The number of guanidine groups is 1. The summed E-state index contributed by atoms with van der Waals surface area (Å²) in [5, 5.41) is 33.9. The molecule has 0 saturated carbocycles. The molecule has 3 aromatic carbocycles. The molecule has 21 heteroatoms. The number of aliphatic hydroxyl groups excluding tert-OH is 2. The third-order valence-electron chi connectivity index (χ3n) is 9.27. The van der Waals surface area contributed by atoms with Gasteiger partial charge < -0.3 is 59.7 Å². The monoisotopic (exact) mass is 874 g/mol. The van der Waals surface area contributed by atoms with Crippen LogP contribution in [0.1, 0.15) is 29.5 Å². The Morgan fingerprint density at radius 1 is 0.619 bits per heavy atom. The molecule has 0 bridgehead atoms. The molecule has 0 radical (unpaired) electrons. The van der Waals surface area contributed by atoms with Crippen molar-refractivity contribution in [1.82, 2.24) is 37.0 Å². The number of aliphatic imine (C=N–C) groups is 1. The Balaban J connectivity index is 1.85.